The van der Waals surface area contributed by atoms with Crippen LogP contribution in [0.4, 0.5) is 0 Å². The van der Waals surface area contributed by atoms with Crippen LogP contribution in [0.1, 0.15) is 27.2 Å². The summed E-state index contributed by atoms with van der Waals surface area (Å²) in [4.78, 5) is 12.9. The van der Waals surface area contributed by atoms with E-state index in [0.717, 1.165) is 0 Å². The quantitative estimate of drug-likeness (QED) is 0.456. The summed E-state index contributed by atoms with van der Waals surface area (Å²) < 4.78 is 29.4. The van der Waals surface area contributed by atoms with Crippen LogP contribution in [0.2, 0.25) is 0 Å². The molecule has 1 aliphatic rings. The highest BCUT2D eigenvalue weighted by molar-refractivity contribution is 7.84. The van der Waals surface area contributed by atoms with Gasteiger partial charge in [0.05, 0.1) is 6.42 Å². The van der Waals surface area contributed by atoms with E-state index in [1.807, 2.05) is 0 Å². The van der Waals surface area contributed by atoms with E-state index in [4.69, 9.17) is 11.0 Å². The Hall–Kier alpha value is -1.10. The first-order chi connectivity index (χ1) is 8.31. The van der Waals surface area contributed by atoms with E-state index >= 15 is 0 Å². The highest BCUT2D eigenvalue weighted by Crippen LogP contribution is 2.21. The largest absolute Gasteiger partial charge is 0.363 e. The van der Waals surface area contributed by atoms with Crippen molar-refractivity contribution < 1.29 is 17.8 Å². The molecule has 0 aromatic heterocycles. The number of nitrogens with zero attached hydrogens (tertiary/aromatic N) is 2. The summed E-state index contributed by atoms with van der Waals surface area (Å²) in [5.41, 5.74) is 0. The van der Waals surface area contributed by atoms with Crippen LogP contribution in [-0.4, -0.2) is 53.8 Å². The predicted molar refractivity (Wildman–Crippen MR) is 69.1 cm³/mol. The van der Waals surface area contributed by atoms with E-state index in [0.29, 0.717) is 0 Å². The van der Waals surface area contributed by atoms with Crippen molar-refractivity contribution in [3.05, 3.63) is 0 Å². The fourth-order valence-electron chi connectivity index (χ4n) is 1.49. The van der Waals surface area contributed by atoms with Crippen LogP contribution in [0, 0.1) is 12.3 Å². The number of hydrogen-bond donors (Lipinski definition) is 1. The fourth-order valence-corrected chi connectivity index (χ4v) is 2.28. The Labute approximate surface area is 109 Å². The molecule has 18 heavy (non-hydrogen) atoms. The maximum absolute atomic E-state index is 10.5. The van der Waals surface area contributed by atoms with E-state index < -0.39 is 22.3 Å². The second-order valence-electron chi connectivity index (χ2n) is 3.67. The molecule has 1 N–H and O–H groups in total. The first-order valence-electron chi connectivity index (χ1n) is 5.79. The Morgan fingerprint density at radius 3 is 1.94 bits per heavy atom. The molecule has 0 aromatic rings. The Bertz CT molecular complexity index is 404. The molecule has 1 saturated heterocycles. The lowest BCUT2D eigenvalue weighted by molar-refractivity contribution is -0.135. The van der Waals surface area contributed by atoms with Gasteiger partial charge in [0.25, 0.3) is 0 Å². The molecular formula is C11H20N2O4S. The van der Waals surface area contributed by atoms with Crippen LogP contribution in [0.15, 0.2) is 0 Å². The Kier molecular flexibility index (Phi) is 6.91. The average molecular weight is 276 g/mol. The van der Waals surface area contributed by atoms with Gasteiger partial charge >= 0.3 is 10.3 Å². The van der Waals surface area contributed by atoms with E-state index in [1.165, 1.54) is 19.6 Å². The predicted octanol–water partition coefficient (Wildman–Crippen LogP) is 0.371. The Morgan fingerprint density at radius 2 is 1.83 bits per heavy atom. The summed E-state index contributed by atoms with van der Waals surface area (Å²) in [5.74, 6) is 1.38. The third kappa shape index (κ3) is 4.64. The summed E-state index contributed by atoms with van der Waals surface area (Å²) >= 11 is 0. The smallest absolute Gasteiger partial charge is 0.304 e. The normalized spacial score (nSPS) is 18.8. The highest BCUT2D eigenvalue weighted by Gasteiger charge is 2.42. The number of terminal acetylenes is 1. The standard InChI is InChI=1S/C6H15N.C5H5NO4S/c1-4-7(5-2)6-3;1-2-4-3-5(7)6(4)11(8,9)10/h4-6H2,1-3H3;1,4H,3H2,(H,8,9,10). The van der Waals surface area contributed by atoms with Crippen LogP contribution < -0.4 is 0 Å². The molecule has 1 amide bonds. The monoisotopic (exact) mass is 276 g/mol. The number of amides is 1. The summed E-state index contributed by atoms with van der Waals surface area (Å²) in [6.07, 6.45) is 4.85. The lowest BCUT2D eigenvalue weighted by Crippen LogP contribution is -2.54. The Balaban J connectivity index is 0.000000360. The molecule has 0 aliphatic carbocycles. The molecule has 104 valence electrons. The van der Waals surface area contributed by atoms with Crippen molar-refractivity contribution in [1.82, 2.24) is 9.21 Å². The molecule has 1 fully saturated rings. The van der Waals surface area contributed by atoms with Crippen molar-refractivity contribution in [3.63, 3.8) is 0 Å². The maximum atomic E-state index is 10.5. The van der Waals surface area contributed by atoms with E-state index in [9.17, 15) is 13.2 Å². The molecule has 0 radical (unpaired) electrons. The molecule has 1 atom stereocenters. The van der Waals surface area contributed by atoms with Gasteiger partial charge in [0.2, 0.25) is 5.91 Å². The first-order valence-corrected chi connectivity index (χ1v) is 7.19. The molecule has 0 saturated carbocycles. The number of carbonyl (C=O) groups excluding carboxylic acids is 1. The summed E-state index contributed by atoms with van der Waals surface area (Å²) in [6, 6.07) is -0.808. The van der Waals surface area contributed by atoms with Gasteiger partial charge in [-0.25, -0.2) is 4.31 Å². The van der Waals surface area contributed by atoms with Crippen LogP contribution in [0.5, 0.6) is 0 Å². The van der Waals surface area contributed by atoms with Crippen LogP contribution in [0.3, 0.4) is 0 Å². The minimum Gasteiger partial charge on any atom is -0.304 e. The van der Waals surface area contributed by atoms with E-state index in [2.05, 4.69) is 31.6 Å². The van der Waals surface area contributed by atoms with Gasteiger partial charge in [0, 0.05) is 0 Å². The zero-order valence-electron chi connectivity index (χ0n) is 11.0. The van der Waals surface area contributed by atoms with Crippen molar-refractivity contribution in [2.75, 3.05) is 19.6 Å². The summed E-state index contributed by atoms with van der Waals surface area (Å²) in [5, 5.41) is 0. The van der Waals surface area contributed by atoms with Crippen molar-refractivity contribution in [1.29, 1.82) is 0 Å². The molecule has 0 bridgehead atoms. The van der Waals surface area contributed by atoms with Crippen LogP contribution in [0.25, 0.3) is 0 Å². The molecule has 1 rings (SSSR count). The van der Waals surface area contributed by atoms with Gasteiger partial charge in [-0.15, -0.1) is 6.42 Å². The topological polar surface area (TPSA) is 77.9 Å². The minimum atomic E-state index is -4.44. The van der Waals surface area contributed by atoms with Crippen molar-refractivity contribution in [2.45, 2.75) is 33.2 Å². The zero-order chi connectivity index (χ0) is 14.3. The first kappa shape index (κ1) is 16.9. The van der Waals surface area contributed by atoms with Gasteiger partial charge in [0.1, 0.15) is 6.04 Å². The van der Waals surface area contributed by atoms with E-state index in [1.54, 1.807) is 0 Å². The van der Waals surface area contributed by atoms with Gasteiger partial charge in [-0.2, -0.15) is 8.42 Å². The third-order valence-electron chi connectivity index (χ3n) is 2.68. The number of rotatable bonds is 4. The highest BCUT2D eigenvalue weighted by atomic mass is 32.2. The van der Waals surface area contributed by atoms with Gasteiger partial charge in [0.15, 0.2) is 0 Å². The molecule has 0 spiro atoms. The molecule has 6 nitrogen and oxygen atoms in total. The van der Waals surface area contributed by atoms with Crippen molar-refractivity contribution in [2.24, 2.45) is 0 Å². The average Bonchev–Trinajstić information content (AvgIpc) is 2.26. The molecule has 1 unspecified atom stereocenters. The van der Waals surface area contributed by atoms with E-state index in [-0.39, 0.29) is 10.7 Å². The lowest BCUT2D eigenvalue weighted by atomic mass is 10.1. The van der Waals surface area contributed by atoms with Gasteiger partial charge < -0.3 is 4.90 Å². The number of carbonyl (C=O) groups is 1. The maximum Gasteiger partial charge on any atom is 0.363 e. The van der Waals surface area contributed by atoms with Crippen molar-refractivity contribution in [3.8, 4) is 12.3 Å². The van der Waals surface area contributed by atoms with Gasteiger partial charge in [-0.3, -0.25) is 9.35 Å². The molecule has 0 aromatic carbocycles. The molecular weight excluding hydrogens is 256 g/mol. The third-order valence-corrected chi connectivity index (χ3v) is 3.63. The van der Waals surface area contributed by atoms with Gasteiger partial charge in [-0.05, 0) is 19.6 Å². The SMILES string of the molecule is C#CC1CC(=O)N1S(=O)(=O)O.CCN(CC)CC. The van der Waals surface area contributed by atoms with Gasteiger partial charge in [-0.1, -0.05) is 26.7 Å². The molecule has 1 heterocycles. The Morgan fingerprint density at radius 1 is 1.39 bits per heavy atom. The zero-order valence-corrected chi connectivity index (χ0v) is 11.8. The lowest BCUT2D eigenvalue weighted by Gasteiger charge is -2.32. The second kappa shape index (κ2) is 7.36. The van der Waals surface area contributed by atoms with Crippen LogP contribution >= 0.6 is 0 Å². The summed E-state index contributed by atoms with van der Waals surface area (Å²) in [6.45, 7) is 10.1. The van der Waals surface area contributed by atoms with Crippen molar-refractivity contribution >= 4 is 16.2 Å². The minimum absolute atomic E-state index is 0.0176. The fraction of sp³-hybridized carbons (Fsp3) is 0.727. The molecule has 7 heteroatoms. The number of hydrogen-bond acceptors (Lipinski definition) is 4. The summed E-state index contributed by atoms with van der Waals surface area (Å²) in [7, 11) is -4.44. The number of β-lactam (4-membered cyclic amide) rings is 1. The van der Waals surface area contributed by atoms with Crippen LogP contribution in [-0.2, 0) is 15.1 Å². The molecule has 1 aliphatic heterocycles. The second-order valence-corrected chi connectivity index (χ2v) is 4.96.